The Morgan fingerprint density at radius 2 is 1.79 bits per heavy atom. The number of hydrogen-bond donors (Lipinski definition) is 1. The lowest BCUT2D eigenvalue weighted by Gasteiger charge is -2.01. The van der Waals surface area contributed by atoms with Gasteiger partial charge in [0.25, 0.3) is 0 Å². The Kier molecular flexibility index (Phi) is 4.86. The third-order valence-corrected chi connectivity index (χ3v) is 4.69. The first-order valence-corrected chi connectivity index (χ1v) is 6.08. The largest absolute Gasteiger partial charge is 0.477 e. The van der Waals surface area contributed by atoms with Gasteiger partial charge in [0.05, 0.1) is 0 Å². The molecule has 0 fully saturated rings. The van der Waals surface area contributed by atoms with Gasteiger partial charge in [-0.1, -0.05) is 30.3 Å². The van der Waals surface area contributed by atoms with E-state index >= 15 is 0 Å². The van der Waals surface area contributed by atoms with E-state index < -0.39 is 5.97 Å². The van der Waals surface area contributed by atoms with Crippen molar-refractivity contribution in [1.29, 1.82) is 0 Å². The molecule has 0 unspecified atom stereocenters. The van der Waals surface area contributed by atoms with E-state index in [1.54, 1.807) is 0 Å². The highest BCUT2D eigenvalue weighted by Crippen LogP contribution is 2.23. The normalized spacial score (nSPS) is 12.1. The average molecular weight is 414 g/mol. The van der Waals surface area contributed by atoms with Crippen LogP contribution in [-0.4, -0.2) is 11.1 Å². The minimum atomic E-state index is -0.856. The van der Waals surface area contributed by atoms with Gasteiger partial charge in [-0.3, -0.25) is 0 Å². The van der Waals surface area contributed by atoms with E-state index in [2.05, 4.69) is 22.6 Å². The predicted octanol–water partition coefficient (Wildman–Crippen LogP) is 3.40. The minimum Gasteiger partial charge on any atom is -0.477 e. The summed E-state index contributed by atoms with van der Waals surface area (Å²) in [5.74, 6) is -0.856. The lowest BCUT2D eigenvalue weighted by molar-refractivity contribution is -0.131. The number of hydrogen-bond acceptors (Lipinski definition) is 1. The number of carbonyl (C=O) groups is 1. The van der Waals surface area contributed by atoms with Crippen LogP contribution in [0.25, 0.3) is 0 Å². The highest BCUT2D eigenvalue weighted by molar-refractivity contribution is 14.1. The number of carboxylic acids is 1. The smallest absolute Gasteiger partial charge is 0.342 e. The van der Waals surface area contributed by atoms with E-state index in [9.17, 15) is 4.79 Å². The molecule has 2 nitrogen and oxygen atoms in total. The van der Waals surface area contributed by atoms with Gasteiger partial charge >= 0.3 is 5.97 Å². The Morgan fingerprint density at radius 1 is 1.21 bits per heavy atom. The van der Waals surface area contributed by atoms with Gasteiger partial charge in [0.15, 0.2) is 0 Å². The second kappa shape index (κ2) is 5.69. The summed E-state index contributed by atoms with van der Waals surface area (Å²) >= 11 is 3.93. The average Bonchev–Trinajstić information content (AvgIpc) is 2.18. The first-order chi connectivity index (χ1) is 6.61. The first kappa shape index (κ1) is 12.0. The predicted molar refractivity (Wildman–Crippen MR) is 72.8 cm³/mol. The van der Waals surface area contributed by atoms with Crippen LogP contribution in [0.4, 0.5) is 0 Å². The Morgan fingerprint density at radius 3 is 2.29 bits per heavy atom. The first-order valence-electron chi connectivity index (χ1n) is 3.92. The quantitative estimate of drug-likeness (QED) is 0.609. The summed E-state index contributed by atoms with van der Waals surface area (Å²) in [5, 5.41) is 8.76. The Hall–Kier alpha value is -0.110. The van der Waals surface area contributed by atoms with Crippen LogP contribution in [-0.2, 0) is 11.2 Å². The monoisotopic (exact) mass is 414 g/mol. The van der Waals surface area contributed by atoms with Gasteiger partial charge in [0.1, 0.15) is 3.58 Å². The fraction of sp³-hybridized carbons (Fsp3) is 0.100. The molecule has 4 heteroatoms. The molecular formula is C10H8I2O2. The third-order valence-electron chi connectivity index (χ3n) is 1.63. The van der Waals surface area contributed by atoms with E-state index in [-0.39, 0.29) is 0 Å². The van der Waals surface area contributed by atoms with Crippen molar-refractivity contribution in [1.82, 2.24) is 0 Å². The fourth-order valence-corrected chi connectivity index (χ4v) is 1.83. The van der Waals surface area contributed by atoms with E-state index in [1.807, 2.05) is 52.9 Å². The summed E-state index contributed by atoms with van der Waals surface area (Å²) in [6.07, 6.45) is 0.686. The maximum atomic E-state index is 10.7. The summed E-state index contributed by atoms with van der Waals surface area (Å²) in [7, 11) is 0. The van der Waals surface area contributed by atoms with Crippen molar-refractivity contribution in [3.63, 3.8) is 0 Å². The molecule has 0 saturated heterocycles. The molecule has 0 radical (unpaired) electrons. The van der Waals surface area contributed by atoms with Crippen molar-refractivity contribution in [3.8, 4) is 0 Å². The maximum absolute atomic E-state index is 10.7. The second-order valence-corrected chi connectivity index (χ2v) is 5.07. The fourth-order valence-electron chi connectivity index (χ4n) is 0.969. The van der Waals surface area contributed by atoms with E-state index in [4.69, 9.17) is 5.11 Å². The van der Waals surface area contributed by atoms with Crippen LogP contribution < -0.4 is 0 Å². The van der Waals surface area contributed by atoms with E-state index in [0.29, 0.717) is 10.0 Å². The molecule has 0 aliphatic rings. The zero-order valence-electron chi connectivity index (χ0n) is 7.21. The van der Waals surface area contributed by atoms with Crippen LogP contribution in [0.3, 0.4) is 0 Å². The highest BCUT2D eigenvalue weighted by Gasteiger charge is 2.08. The van der Waals surface area contributed by atoms with Crippen molar-refractivity contribution in [3.05, 3.63) is 43.1 Å². The number of allylic oxidation sites excluding steroid dienone is 1. The van der Waals surface area contributed by atoms with Crippen LogP contribution in [0.5, 0.6) is 0 Å². The molecule has 1 aromatic carbocycles. The summed E-state index contributed by atoms with van der Waals surface area (Å²) in [6.45, 7) is 0. The molecule has 0 aromatic heterocycles. The van der Waals surface area contributed by atoms with Gasteiger partial charge < -0.3 is 5.11 Å². The standard InChI is InChI=1S/C10H8I2O2/c11-8(9(12)10(13)14)6-7-4-2-1-3-5-7/h1-5H,6H2,(H,13,14)/b9-8+. The van der Waals surface area contributed by atoms with E-state index in [1.165, 1.54) is 0 Å². The molecule has 1 rings (SSSR count). The van der Waals surface area contributed by atoms with Crippen LogP contribution in [0.15, 0.2) is 37.5 Å². The lowest BCUT2D eigenvalue weighted by atomic mass is 10.1. The lowest BCUT2D eigenvalue weighted by Crippen LogP contribution is -1.97. The van der Waals surface area contributed by atoms with Gasteiger partial charge in [-0.15, -0.1) is 0 Å². The Bertz CT molecular complexity index is 358. The van der Waals surface area contributed by atoms with Crippen molar-refractivity contribution < 1.29 is 9.90 Å². The minimum absolute atomic E-state index is 0.395. The number of benzene rings is 1. The van der Waals surface area contributed by atoms with Crippen LogP contribution in [0.1, 0.15) is 5.56 Å². The molecule has 74 valence electrons. The molecule has 1 aromatic rings. The SMILES string of the molecule is O=C(O)/C(I)=C(\I)Cc1ccccc1. The van der Waals surface area contributed by atoms with Crippen molar-refractivity contribution in [2.24, 2.45) is 0 Å². The third kappa shape index (κ3) is 3.56. The number of halogens is 2. The maximum Gasteiger partial charge on any atom is 0.342 e. The van der Waals surface area contributed by atoms with Crippen molar-refractivity contribution in [2.45, 2.75) is 6.42 Å². The summed E-state index contributed by atoms with van der Waals surface area (Å²) in [4.78, 5) is 10.7. The molecule has 0 amide bonds. The van der Waals surface area contributed by atoms with Crippen LogP contribution >= 0.6 is 45.2 Å². The summed E-state index contributed by atoms with van der Waals surface area (Å²) in [5.41, 5.74) is 1.13. The molecule has 14 heavy (non-hydrogen) atoms. The Labute approximate surface area is 110 Å². The van der Waals surface area contributed by atoms with Crippen LogP contribution in [0, 0.1) is 0 Å². The highest BCUT2D eigenvalue weighted by atomic mass is 127. The molecule has 0 atom stereocenters. The number of aliphatic carboxylic acids is 1. The van der Waals surface area contributed by atoms with Crippen LogP contribution in [0.2, 0.25) is 0 Å². The molecule has 0 aliphatic carbocycles. The van der Waals surface area contributed by atoms with Gasteiger partial charge in [0.2, 0.25) is 0 Å². The second-order valence-electron chi connectivity index (χ2n) is 2.69. The zero-order chi connectivity index (χ0) is 10.6. The molecule has 1 N–H and O–H groups in total. The van der Waals surface area contributed by atoms with Gasteiger partial charge in [0, 0.05) is 10.0 Å². The van der Waals surface area contributed by atoms with Gasteiger partial charge in [-0.25, -0.2) is 4.79 Å². The molecule has 0 saturated carbocycles. The topological polar surface area (TPSA) is 37.3 Å². The number of rotatable bonds is 3. The Balaban J connectivity index is 2.80. The van der Waals surface area contributed by atoms with Crippen molar-refractivity contribution >= 4 is 51.2 Å². The van der Waals surface area contributed by atoms with E-state index in [0.717, 1.165) is 9.14 Å². The summed E-state index contributed by atoms with van der Waals surface area (Å²) < 4.78 is 1.26. The molecule has 0 aliphatic heterocycles. The molecule has 0 heterocycles. The molecular weight excluding hydrogens is 406 g/mol. The van der Waals surface area contributed by atoms with Gasteiger partial charge in [-0.2, -0.15) is 0 Å². The zero-order valence-corrected chi connectivity index (χ0v) is 11.5. The molecule has 0 bridgehead atoms. The van der Waals surface area contributed by atoms with Gasteiger partial charge in [-0.05, 0) is 50.7 Å². The number of carboxylic acid groups (broad SMARTS) is 1. The van der Waals surface area contributed by atoms with Crippen molar-refractivity contribution in [2.75, 3.05) is 0 Å². The molecule has 0 spiro atoms. The summed E-state index contributed by atoms with van der Waals surface area (Å²) in [6, 6.07) is 9.83.